The van der Waals surface area contributed by atoms with Gasteiger partial charge in [0, 0.05) is 23.0 Å². The SMILES string of the molecule is O=C(O)CCC(NC(=O)OCC1c2ccccc2-c2ccccc21)C(=O)Nc1cc(Br)cnc1Cl. The molecule has 35 heavy (non-hydrogen) atoms. The second-order valence-corrected chi connectivity index (χ2v) is 9.21. The zero-order valence-corrected chi connectivity index (χ0v) is 20.7. The van der Waals surface area contributed by atoms with Crippen LogP contribution >= 0.6 is 27.5 Å². The van der Waals surface area contributed by atoms with Crippen LogP contribution in [0.25, 0.3) is 11.1 Å². The number of aromatic nitrogens is 1. The fraction of sp³-hybridized carbons (Fsp3) is 0.200. The van der Waals surface area contributed by atoms with Crippen molar-refractivity contribution in [3.8, 4) is 11.1 Å². The van der Waals surface area contributed by atoms with E-state index in [1.165, 1.54) is 6.20 Å². The van der Waals surface area contributed by atoms with Gasteiger partial charge in [-0.25, -0.2) is 9.78 Å². The number of alkyl carbamates (subject to hydrolysis) is 1. The molecule has 4 rings (SSSR count). The number of hydrogen-bond acceptors (Lipinski definition) is 5. The monoisotopic (exact) mass is 557 g/mol. The molecule has 2 amide bonds. The molecule has 0 saturated carbocycles. The van der Waals surface area contributed by atoms with E-state index in [9.17, 15) is 14.4 Å². The first-order valence-corrected chi connectivity index (χ1v) is 12.0. The number of ether oxygens (including phenoxy) is 1. The molecule has 8 nitrogen and oxygen atoms in total. The number of nitrogens with zero attached hydrogens (tertiary/aromatic N) is 1. The van der Waals surface area contributed by atoms with Gasteiger partial charge in [-0.15, -0.1) is 0 Å². The number of anilines is 1. The van der Waals surface area contributed by atoms with Gasteiger partial charge in [-0.2, -0.15) is 0 Å². The number of hydrogen-bond donors (Lipinski definition) is 3. The van der Waals surface area contributed by atoms with Crippen molar-refractivity contribution in [1.29, 1.82) is 0 Å². The lowest BCUT2D eigenvalue weighted by molar-refractivity contribution is -0.137. The topological polar surface area (TPSA) is 118 Å². The van der Waals surface area contributed by atoms with E-state index in [0.717, 1.165) is 22.3 Å². The zero-order chi connectivity index (χ0) is 24.9. The molecule has 1 aliphatic carbocycles. The summed E-state index contributed by atoms with van der Waals surface area (Å²) < 4.78 is 6.08. The quantitative estimate of drug-likeness (QED) is 0.327. The van der Waals surface area contributed by atoms with Gasteiger partial charge in [0.1, 0.15) is 12.6 Å². The van der Waals surface area contributed by atoms with Crippen molar-refractivity contribution in [1.82, 2.24) is 10.3 Å². The maximum atomic E-state index is 12.8. The second kappa shape index (κ2) is 10.9. The molecule has 0 fully saturated rings. The Morgan fingerprint density at radius 2 is 1.71 bits per heavy atom. The molecule has 1 atom stereocenters. The van der Waals surface area contributed by atoms with E-state index in [2.05, 4.69) is 31.5 Å². The van der Waals surface area contributed by atoms with Gasteiger partial charge in [0.25, 0.3) is 0 Å². The predicted octanol–water partition coefficient (Wildman–Crippen LogP) is 5.21. The third kappa shape index (κ3) is 5.80. The number of carboxylic acids is 1. The fourth-order valence-corrected chi connectivity index (χ4v) is 4.53. The highest BCUT2D eigenvalue weighted by molar-refractivity contribution is 9.10. The summed E-state index contributed by atoms with van der Waals surface area (Å²) in [5, 5.41) is 14.2. The van der Waals surface area contributed by atoms with Crippen molar-refractivity contribution < 1.29 is 24.2 Å². The van der Waals surface area contributed by atoms with Gasteiger partial charge >= 0.3 is 12.1 Å². The molecule has 1 aromatic heterocycles. The van der Waals surface area contributed by atoms with Gasteiger partial charge in [0.2, 0.25) is 5.91 Å². The Morgan fingerprint density at radius 3 is 2.34 bits per heavy atom. The van der Waals surface area contributed by atoms with Gasteiger partial charge in [0.05, 0.1) is 5.69 Å². The number of benzene rings is 2. The Labute approximate surface area is 214 Å². The summed E-state index contributed by atoms with van der Waals surface area (Å²) >= 11 is 9.28. The molecule has 0 spiro atoms. The van der Waals surface area contributed by atoms with Crippen LogP contribution in [0.4, 0.5) is 10.5 Å². The summed E-state index contributed by atoms with van der Waals surface area (Å²) in [7, 11) is 0. The Morgan fingerprint density at radius 1 is 1.09 bits per heavy atom. The normalized spacial score (nSPS) is 12.9. The van der Waals surface area contributed by atoms with Crippen molar-refractivity contribution in [2.45, 2.75) is 24.8 Å². The first kappa shape index (κ1) is 24.7. The number of carboxylic acid groups (broad SMARTS) is 1. The Hall–Kier alpha value is -3.43. The van der Waals surface area contributed by atoms with Crippen molar-refractivity contribution >= 4 is 51.2 Å². The Kier molecular flexibility index (Phi) is 7.67. The Balaban J connectivity index is 1.44. The lowest BCUT2D eigenvalue weighted by atomic mass is 9.98. The van der Waals surface area contributed by atoms with Gasteiger partial charge in [-0.3, -0.25) is 9.59 Å². The number of nitrogens with one attached hydrogen (secondary N) is 2. The molecule has 0 radical (unpaired) electrons. The minimum absolute atomic E-state index is 0.0553. The van der Waals surface area contributed by atoms with Crippen LogP contribution in [0, 0.1) is 0 Å². The molecule has 3 aromatic rings. The number of amides is 2. The molecule has 1 heterocycles. The number of pyridine rings is 1. The number of carbonyl (C=O) groups is 3. The maximum absolute atomic E-state index is 12.8. The molecule has 1 aliphatic rings. The van der Waals surface area contributed by atoms with E-state index in [-0.39, 0.29) is 36.2 Å². The van der Waals surface area contributed by atoms with Crippen LogP contribution < -0.4 is 10.6 Å². The first-order chi connectivity index (χ1) is 16.8. The molecule has 0 saturated heterocycles. The van der Waals surface area contributed by atoms with E-state index >= 15 is 0 Å². The third-order valence-electron chi connectivity index (χ3n) is 5.66. The van der Waals surface area contributed by atoms with Crippen molar-refractivity contribution in [3.63, 3.8) is 0 Å². The molecule has 0 aliphatic heterocycles. The van der Waals surface area contributed by atoms with Gasteiger partial charge in [-0.05, 0) is 50.7 Å². The predicted molar refractivity (Wildman–Crippen MR) is 134 cm³/mol. The number of fused-ring (bicyclic) bond motifs is 3. The van der Waals surface area contributed by atoms with Crippen molar-refractivity contribution in [2.75, 3.05) is 11.9 Å². The molecule has 180 valence electrons. The van der Waals surface area contributed by atoms with Crippen LogP contribution in [-0.2, 0) is 14.3 Å². The highest BCUT2D eigenvalue weighted by Crippen LogP contribution is 2.44. The second-order valence-electron chi connectivity index (χ2n) is 7.94. The molecule has 1 unspecified atom stereocenters. The summed E-state index contributed by atoms with van der Waals surface area (Å²) in [6.07, 6.45) is 0.182. The average molecular weight is 559 g/mol. The van der Waals surface area contributed by atoms with Gasteiger partial charge < -0.3 is 20.5 Å². The molecule has 0 bridgehead atoms. The number of carbonyl (C=O) groups excluding carboxylic acids is 2. The summed E-state index contributed by atoms with van der Waals surface area (Å²) in [5.41, 5.74) is 4.52. The zero-order valence-electron chi connectivity index (χ0n) is 18.3. The largest absolute Gasteiger partial charge is 0.481 e. The van der Waals surface area contributed by atoms with Gasteiger partial charge in [-0.1, -0.05) is 60.1 Å². The average Bonchev–Trinajstić information content (AvgIpc) is 3.16. The summed E-state index contributed by atoms with van der Waals surface area (Å²) in [6, 6.07) is 16.3. The van der Waals surface area contributed by atoms with E-state index in [1.54, 1.807) is 6.07 Å². The van der Waals surface area contributed by atoms with Crippen LogP contribution in [0.2, 0.25) is 5.15 Å². The van der Waals surface area contributed by atoms with Crippen molar-refractivity contribution in [3.05, 3.63) is 81.5 Å². The van der Waals surface area contributed by atoms with E-state index < -0.39 is 24.0 Å². The summed E-state index contributed by atoms with van der Waals surface area (Å²) in [6.45, 7) is 0.0640. The maximum Gasteiger partial charge on any atom is 0.407 e. The highest BCUT2D eigenvalue weighted by atomic mass is 79.9. The van der Waals surface area contributed by atoms with Crippen LogP contribution in [0.3, 0.4) is 0 Å². The fourth-order valence-electron chi connectivity index (χ4n) is 4.05. The molecule has 2 aromatic carbocycles. The molecular formula is C25H21BrClN3O5. The summed E-state index contributed by atoms with van der Waals surface area (Å²) in [5.74, 6) is -1.88. The third-order valence-corrected chi connectivity index (χ3v) is 6.40. The molecular weight excluding hydrogens is 538 g/mol. The van der Waals surface area contributed by atoms with Crippen LogP contribution in [-0.4, -0.2) is 40.7 Å². The standard InChI is InChI=1S/C25H21BrClN3O5/c26-14-11-21(23(27)28-12-14)29-24(33)20(9-10-22(31)32)30-25(34)35-13-19-17-7-3-1-5-15(17)16-6-2-4-8-18(16)19/h1-8,11-12,19-20H,9-10,13H2,(H,29,33)(H,30,34)(H,31,32). The van der Waals surface area contributed by atoms with Gasteiger partial charge in [0.15, 0.2) is 5.15 Å². The number of aliphatic carboxylic acids is 1. The van der Waals surface area contributed by atoms with E-state index in [4.69, 9.17) is 21.4 Å². The highest BCUT2D eigenvalue weighted by Gasteiger charge is 2.30. The van der Waals surface area contributed by atoms with E-state index in [1.807, 2.05) is 48.5 Å². The minimum atomic E-state index is -1.16. The smallest absolute Gasteiger partial charge is 0.407 e. The number of rotatable bonds is 8. The number of halogens is 2. The first-order valence-electron chi connectivity index (χ1n) is 10.8. The lowest BCUT2D eigenvalue weighted by Crippen LogP contribution is -2.44. The van der Waals surface area contributed by atoms with Crippen LogP contribution in [0.1, 0.15) is 29.9 Å². The minimum Gasteiger partial charge on any atom is -0.481 e. The Bertz CT molecular complexity index is 1240. The van der Waals surface area contributed by atoms with Crippen LogP contribution in [0.5, 0.6) is 0 Å². The molecule has 10 heteroatoms. The van der Waals surface area contributed by atoms with E-state index in [0.29, 0.717) is 4.47 Å². The molecule has 3 N–H and O–H groups in total. The van der Waals surface area contributed by atoms with Crippen molar-refractivity contribution in [2.24, 2.45) is 0 Å². The van der Waals surface area contributed by atoms with Crippen LogP contribution in [0.15, 0.2) is 65.3 Å². The summed E-state index contributed by atoms with van der Waals surface area (Å²) in [4.78, 5) is 40.5. The lowest BCUT2D eigenvalue weighted by Gasteiger charge is -2.19.